The van der Waals surface area contributed by atoms with Crippen LogP contribution in [0.25, 0.3) is 98.5 Å². The van der Waals surface area contributed by atoms with Crippen LogP contribution in [-0.4, -0.2) is 13.7 Å². The van der Waals surface area contributed by atoms with Gasteiger partial charge in [0.1, 0.15) is 6.07 Å². The van der Waals surface area contributed by atoms with Crippen molar-refractivity contribution in [2.75, 3.05) is 0 Å². The summed E-state index contributed by atoms with van der Waals surface area (Å²) in [6.45, 7) is 8.05. The van der Waals surface area contributed by atoms with Crippen LogP contribution < -0.4 is 0 Å². The lowest BCUT2D eigenvalue weighted by molar-refractivity contribution is 1.13. The molecule has 0 fully saturated rings. The second kappa shape index (κ2) is 11.8. The van der Waals surface area contributed by atoms with Crippen molar-refractivity contribution in [3.63, 3.8) is 0 Å². The van der Waals surface area contributed by atoms with Crippen LogP contribution in [0.3, 0.4) is 0 Å². The molecule has 0 atom stereocenters. The van der Waals surface area contributed by atoms with Gasteiger partial charge < -0.3 is 13.7 Å². The topological polar surface area (TPSA) is 42.9 Å². The van der Waals surface area contributed by atoms with Crippen LogP contribution in [0, 0.1) is 17.9 Å². The van der Waals surface area contributed by atoms with Gasteiger partial charge in [0, 0.05) is 49.1 Å². The minimum atomic E-state index is 0.530. The minimum Gasteiger partial charge on any atom is -0.309 e. The van der Waals surface area contributed by atoms with Crippen molar-refractivity contribution in [1.29, 1.82) is 5.26 Å². The van der Waals surface area contributed by atoms with E-state index in [0.29, 0.717) is 11.3 Å². The second-order valence-corrected chi connectivity index (χ2v) is 13.9. The largest absolute Gasteiger partial charge is 0.309 e. The predicted octanol–water partition coefficient (Wildman–Crippen LogP) is 13.1. The molecular formula is C50H29N5. The first-order valence-electron chi connectivity index (χ1n) is 18.3. The number of nitriles is 1. The molecule has 11 rings (SSSR count). The normalized spacial score (nSPS) is 11.6. The molecule has 0 aliphatic rings. The molecule has 0 spiro atoms. The molecular weight excluding hydrogens is 671 g/mol. The number of rotatable bonds is 4. The average molecular weight is 700 g/mol. The number of aromatic nitrogens is 3. The predicted molar refractivity (Wildman–Crippen MR) is 226 cm³/mol. The average Bonchev–Trinajstić information content (AvgIpc) is 3.89. The fourth-order valence-corrected chi connectivity index (χ4v) is 8.87. The Bertz CT molecular complexity index is 3420. The van der Waals surface area contributed by atoms with Crippen LogP contribution in [-0.2, 0) is 0 Å². The third-order valence-corrected chi connectivity index (χ3v) is 11.1. The summed E-state index contributed by atoms with van der Waals surface area (Å²) in [4.78, 5) is 3.89. The second-order valence-electron chi connectivity index (χ2n) is 13.9. The van der Waals surface area contributed by atoms with Crippen LogP contribution in [0.15, 0.2) is 176 Å². The number of fused-ring (bicyclic) bond motifs is 9. The summed E-state index contributed by atoms with van der Waals surface area (Å²) in [5.74, 6) is 0. The quantitative estimate of drug-likeness (QED) is 0.169. The smallest absolute Gasteiger partial charge is 0.189 e. The van der Waals surface area contributed by atoms with Gasteiger partial charge in [0.05, 0.1) is 56.6 Å². The number of benzene rings is 8. The molecule has 0 saturated carbocycles. The summed E-state index contributed by atoms with van der Waals surface area (Å²) in [7, 11) is 0. The van der Waals surface area contributed by atoms with Crippen molar-refractivity contribution in [3.05, 3.63) is 193 Å². The Hall–Kier alpha value is -7.86. The van der Waals surface area contributed by atoms with Crippen molar-refractivity contribution in [1.82, 2.24) is 13.7 Å². The Morgan fingerprint density at radius 3 is 1.47 bits per heavy atom. The number of hydrogen-bond acceptors (Lipinski definition) is 1. The molecule has 0 radical (unpaired) electrons. The van der Waals surface area contributed by atoms with E-state index < -0.39 is 0 Å². The molecule has 5 heteroatoms. The van der Waals surface area contributed by atoms with Gasteiger partial charge in [-0.25, -0.2) is 4.85 Å². The van der Waals surface area contributed by atoms with Gasteiger partial charge in [-0.05, 0) is 48.5 Å². The summed E-state index contributed by atoms with van der Waals surface area (Å²) in [6.07, 6.45) is 0. The highest BCUT2D eigenvalue weighted by atomic mass is 15.1. The Labute approximate surface area is 316 Å². The highest BCUT2D eigenvalue weighted by molar-refractivity contribution is 6.16. The van der Waals surface area contributed by atoms with Gasteiger partial charge in [0.2, 0.25) is 0 Å². The lowest BCUT2D eigenvalue weighted by Crippen LogP contribution is -2.04. The lowest BCUT2D eigenvalue weighted by atomic mass is 10.00. The fraction of sp³-hybridized carbons (Fsp3) is 0. The van der Waals surface area contributed by atoms with E-state index in [4.69, 9.17) is 6.57 Å². The molecule has 5 nitrogen and oxygen atoms in total. The Balaban J connectivity index is 1.27. The zero-order chi connectivity index (χ0) is 36.6. The first-order chi connectivity index (χ1) is 27.2. The van der Waals surface area contributed by atoms with Crippen LogP contribution in [0.4, 0.5) is 5.69 Å². The van der Waals surface area contributed by atoms with E-state index in [-0.39, 0.29) is 0 Å². The highest BCUT2D eigenvalue weighted by Gasteiger charge is 2.24. The van der Waals surface area contributed by atoms with E-state index in [0.717, 1.165) is 77.4 Å². The molecule has 0 aliphatic carbocycles. The SMILES string of the molecule is [C-]#[N+]c1ccc(-c2ccccc2-n2c3ccccc3c3cccc(-n4c5ccccc5c5ccccc54)c32)c(-n2c3ccccc3c3cccc(C#N)c32)c1. The maximum Gasteiger partial charge on any atom is 0.189 e. The van der Waals surface area contributed by atoms with E-state index in [1.807, 2.05) is 36.4 Å². The monoisotopic (exact) mass is 699 g/mol. The van der Waals surface area contributed by atoms with Gasteiger partial charge in [-0.15, -0.1) is 0 Å². The van der Waals surface area contributed by atoms with Gasteiger partial charge >= 0.3 is 0 Å². The van der Waals surface area contributed by atoms with E-state index in [1.165, 1.54) is 16.2 Å². The fourth-order valence-electron chi connectivity index (χ4n) is 8.87. The molecule has 254 valence electrons. The van der Waals surface area contributed by atoms with Crippen molar-refractivity contribution in [2.45, 2.75) is 0 Å². The third kappa shape index (κ3) is 4.33. The van der Waals surface area contributed by atoms with E-state index in [1.54, 1.807) is 0 Å². The van der Waals surface area contributed by atoms with Gasteiger partial charge in [-0.2, -0.15) is 5.26 Å². The maximum absolute atomic E-state index is 10.4. The van der Waals surface area contributed by atoms with Gasteiger partial charge in [-0.1, -0.05) is 127 Å². The molecule has 3 aromatic heterocycles. The zero-order valence-corrected chi connectivity index (χ0v) is 29.5. The summed E-state index contributed by atoms with van der Waals surface area (Å²) in [6, 6.07) is 63.7. The van der Waals surface area contributed by atoms with Gasteiger partial charge in [0.15, 0.2) is 5.69 Å². The Kier molecular flexibility index (Phi) is 6.61. The van der Waals surface area contributed by atoms with Crippen molar-refractivity contribution in [2.24, 2.45) is 0 Å². The molecule has 55 heavy (non-hydrogen) atoms. The summed E-state index contributed by atoms with van der Waals surface area (Å²) >= 11 is 0. The van der Waals surface area contributed by atoms with E-state index >= 15 is 0 Å². The molecule has 0 aliphatic heterocycles. The number of para-hydroxylation sites is 7. The molecule has 3 heterocycles. The molecule has 0 unspecified atom stereocenters. The number of hydrogen-bond donors (Lipinski definition) is 0. The summed E-state index contributed by atoms with van der Waals surface area (Å²) in [5, 5.41) is 17.2. The molecule has 0 N–H and O–H groups in total. The molecule has 11 aromatic rings. The van der Waals surface area contributed by atoms with Crippen LogP contribution in [0.2, 0.25) is 0 Å². The van der Waals surface area contributed by atoms with Gasteiger partial charge in [-0.3, -0.25) is 0 Å². The highest BCUT2D eigenvalue weighted by Crippen LogP contribution is 2.44. The van der Waals surface area contributed by atoms with Gasteiger partial charge in [0.25, 0.3) is 0 Å². The third-order valence-electron chi connectivity index (χ3n) is 11.1. The zero-order valence-electron chi connectivity index (χ0n) is 29.5. The standard InChI is InChI=1S/C50H29N5/c1-52-33-28-29-39(48(30-33)55-46-26-11-5-18-37(46)40-20-12-14-32(31-51)49(40)55)36-17-4-9-24-44(36)54-45-25-10-6-19-38(45)41-21-13-27-47(50(41)54)53-42-22-7-2-15-34(42)35-16-3-8-23-43(35)53/h2-30H. The van der Waals surface area contributed by atoms with Crippen LogP contribution >= 0.6 is 0 Å². The molecule has 0 saturated heterocycles. The Morgan fingerprint density at radius 1 is 0.400 bits per heavy atom. The first kappa shape index (κ1) is 30.7. The van der Waals surface area contributed by atoms with Crippen molar-refractivity contribution < 1.29 is 0 Å². The number of nitrogens with zero attached hydrogens (tertiary/aromatic N) is 5. The summed E-state index contributed by atoms with van der Waals surface area (Å²) in [5.41, 5.74) is 12.3. The minimum absolute atomic E-state index is 0.530. The lowest BCUT2D eigenvalue weighted by Gasteiger charge is -2.20. The first-order valence-corrected chi connectivity index (χ1v) is 18.3. The maximum atomic E-state index is 10.4. The summed E-state index contributed by atoms with van der Waals surface area (Å²) < 4.78 is 7.00. The Morgan fingerprint density at radius 2 is 0.855 bits per heavy atom. The van der Waals surface area contributed by atoms with Crippen LogP contribution in [0.1, 0.15) is 5.56 Å². The van der Waals surface area contributed by atoms with Crippen molar-refractivity contribution >= 4 is 71.1 Å². The van der Waals surface area contributed by atoms with E-state index in [2.05, 4.69) is 164 Å². The van der Waals surface area contributed by atoms with Crippen LogP contribution in [0.5, 0.6) is 0 Å². The molecule has 0 amide bonds. The molecule has 0 bridgehead atoms. The van der Waals surface area contributed by atoms with Crippen molar-refractivity contribution in [3.8, 4) is 34.3 Å². The van der Waals surface area contributed by atoms with E-state index in [9.17, 15) is 5.26 Å². The molecule has 8 aromatic carbocycles.